The smallest absolute Gasteiger partial charge is 0.185 e. The Kier molecular flexibility index (Phi) is 4.78. The molecule has 1 unspecified atom stereocenters. The summed E-state index contributed by atoms with van der Waals surface area (Å²) < 4.78 is 1.94. The predicted octanol–water partition coefficient (Wildman–Crippen LogP) is 1.12. The van der Waals surface area contributed by atoms with Crippen LogP contribution in [0.25, 0.3) is 0 Å². The van der Waals surface area contributed by atoms with Gasteiger partial charge in [0, 0.05) is 18.9 Å². The van der Waals surface area contributed by atoms with Gasteiger partial charge in [-0.15, -0.1) is 12.4 Å². The lowest BCUT2D eigenvalue weighted by molar-refractivity contribution is 0.110. The Morgan fingerprint density at radius 1 is 1.67 bits per heavy atom. The van der Waals surface area contributed by atoms with Gasteiger partial charge in [-0.1, -0.05) is 0 Å². The molecule has 0 spiro atoms. The van der Waals surface area contributed by atoms with Crippen molar-refractivity contribution in [3.8, 4) is 0 Å². The number of carbonyl (C=O) groups excluding carboxylic acids is 1. The van der Waals surface area contributed by atoms with Crippen molar-refractivity contribution in [2.24, 2.45) is 5.92 Å². The summed E-state index contributed by atoms with van der Waals surface area (Å²) in [4.78, 5) is 14.6. The molecule has 1 atom stereocenters. The van der Waals surface area contributed by atoms with E-state index in [1.807, 2.05) is 10.8 Å². The maximum absolute atomic E-state index is 10.6. The van der Waals surface area contributed by atoms with Crippen LogP contribution in [-0.2, 0) is 6.54 Å². The van der Waals surface area contributed by atoms with Gasteiger partial charge < -0.3 is 9.88 Å². The minimum absolute atomic E-state index is 0. The highest BCUT2D eigenvalue weighted by atomic mass is 35.5. The summed E-state index contributed by atoms with van der Waals surface area (Å²) in [7, 11) is 0. The summed E-state index contributed by atoms with van der Waals surface area (Å²) in [6.45, 7) is 3.08. The van der Waals surface area contributed by atoms with Crippen LogP contribution in [0.15, 0.2) is 12.4 Å². The summed E-state index contributed by atoms with van der Waals surface area (Å²) in [5, 5.41) is 3.36. The summed E-state index contributed by atoms with van der Waals surface area (Å²) in [5.74, 6) is 1.17. The van der Waals surface area contributed by atoms with Crippen LogP contribution in [0.3, 0.4) is 0 Å². The third kappa shape index (κ3) is 3.04. The second-order valence-corrected chi connectivity index (χ2v) is 3.77. The molecule has 1 N–H and O–H groups in total. The van der Waals surface area contributed by atoms with Crippen molar-refractivity contribution in [2.45, 2.75) is 19.4 Å². The van der Waals surface area contributed by atoms with Gasteiger partial charge in [0.05, 0.1) is 0 Å². The van der Waals surface area contributed by atoms with Crippen LogP contribution in [0.4, 0.5) is 0 Å². The van der Waals surface area contributed by atoms with Crippen molar-refractivity contribution in [3.05, 3.63) is 18.2 Å². The van der Waals surface area contributed by atoms with E-state index in [0.29, 0.717) is 11.7 Å². The number of nitrogens with zero attached hydrogens (tertiary/aromatic N) is 2. The predicted molar refractivity (Wildman–Crippen MR) is 60.5 cm³/mol. The fraction of sp³-hybridized carbons (Fsp3) is 0.600. The number of imidazole rings is 1. The molecule has 4 nitrogen and oxygen atoms in total. The number of hydrogen-bond donors (Lipinski definition) is 1. The number of hydrogen-bond acceptors (Lipinski definition) is 3. The van der Waals surface area contributed by atoms with Crippen LogP contribution >= 0.6 is 12.4 Å². The lowest BCUT2D eigenvalue weighted by atomic mass is 10.00. The highest BCUT2D eigenvalue weighted by Crippen LogP contribution is 2.12. The van der Waals surface area contributed by atoms with Crippen molar-refractivity contribution in [1.29, 1.82) is 0 Å². The highest BCUT2D eigenvalue weighted by Gasteiger charge is 2.14. The molecule has 1 aliphatic heterocycles. The van der Waals surface area contributed by atoms with Crippen LogP contribution in [0.5, 0.6) is 0 Å². The molecule has 0 aromatic carbocycles. The lowest BCUT2D eigenvalue weighted by Crippen LogP contribution is -2.32. The first-order valence-electron chi connectivity index (χ1n) is 5.07. The largest absolute Gasteiger partial charge is 0.328 e. The van der Waals surface area contributed by atoms with Crippen LogP contribution in [0.1, 0.15) is 23.5 Å². The highest BCUT2D eigenvalue weighted by molar-refractivity contribution is 5.85. The molecule has 1 saturated heterocycles. The van der Waals surface area contributed by atoms with Gasteiger partial charge in [0.2, 0.25) is 0 Å². The molecule has 2 heterocycles. The number of rotatable bonds is 3. The van der Waals surface area contributed by atoms with E-state index in [9.17, 15) is 4.79 Å². The first kappa shape index (κ1) is 12.2. The molecule has 84 valence electrons. The number of nitrogens with one attached hydrogen (secondary N) is 1. The van der Waals surface area contributed by atoms with Crippen LogP contribution in [0.2, 0.25) is 0 Å². The van der Waals surface area contributed by atoms with Crippen molar-refractivity contribution in [1.82, 2.24) is 14.9 Å². The Balaban J connectivity index is 0.00000112. The fourth-order valence-electron chi connectivity index (χ4n) is 1.95. The molecule has 1 aromatic rings. The van der Waals surface area contributed by atoms with Gasteiger partial charge in [0.1, 0.15) is 0 Å². The normalized spacial score (nSPS) is 20.7. The van der Waals surface area contributed by atoms with E-state index in [2.05, 4.69) is 10.3 Å². The monoisotopic (exact) mass is 229 g/mol. The molecule has 5 heteroatoms. The van der Waals surface area contributed by atoms with Gasteiger partial charge in [0.25, 0.3) is 0 Å². The van der Waals surface area contributed by atoms with Gasteiger partial charge in [-0.05, 0) is 31.8 Å². The Bertz CT molecular complexity index is 307. The Hall–Kier alpha value is -0.870. The Morgan fingerprint density at radius 2 is 2.53 bits per heavy atom. The third-order valence-electron chi connectivity index (χ3n) is 2.71. The van der Waals surface area contributed by atoms with Gasteiger partial charge in [-0.25, -0.2) is 4.98 Å². The minimum Gasteiger partial charge on any atom is -0.328 e. The molecule has 15 heavy (non-hydrogen) atoms. The minimum atomic E-state index is 0. The molecular formula is C10H16ClN3O. The molecule has 0 aliphatic carbocycles. The quantitative estimate of drug-likeness (QED) is 0.791. The van der Waals surface area contributed by atoms with Crippen molar-refractivity contribution < 1.29 is 4.79 Å². The molecule has 0 saturated carbocycles. The maximum Gasteiger partial charge on any atom is 0.185 e. The summed E-state index contributed by atoms with van der Waals surface area (Å²) >= 11 is 0. The van der Waals surface area contributed by atoms with Gasteiger partial charge in [0.15, 0.2) is 12.1 Å². The fourth-order valence-corrected chi connectivity index (χ4v) is 1.95. The summed E-state index contributed by atoms with van der Waals surface area (Å²) in [6.07, 6.45) is 6.84. The molecule has 2 rings (SSSR count). The van der Waals surface area contributed by atoms with E-state index in [4.69, 9.17) is 0 Å². The molecule has 1 fully saturated rings. The van der Waals surface area contributed by atoms with Crippen molar-refractivity contribution in [2.75, 3.05) is 13.1 Å². The molecule has 0 radical (unpaired) electrons. The number of aromatic nitrogens is 2. The molecule has 1 aromatic heterocycles. The van der Waals surface area contributed by atoms with Gasteiger partial charge >= 0.3 is 0 Å². The van der Waals surface area contributed by atoms with Crippen molar-refractivity contribution in [3.63, 3.8) is 0 Å². The number of aldehydes is 1. The first-order valence-corrected chi connectivity index (χ1v) is 5.07. The zero-order valence-electron chi connectivity index (χ0n) is 8.56. The van der Waals surface area contributed by atoms with Gasteiger partial charge in [-0.2, -0.15) is 0 Å². The average Bonchev–Trinajstić information content (AvgIpc) is 2.67. The maximum atomic E-state index is 10.6. The topological polar surface area (TPSA) is 46.9 Å². The van der Waals surface area contributed by atoms with E-state index < -0.39 is 0 Å². The first-order chi connectivity index (χ1) is 6.90. The second kappa shape index (κ2) is 5.88. The summed E-state index contributed by atoms with van der Waals surface area (Å²) in [5.41, 5.74) is 0. The van der Waals surface area contributed by atoms with Crippen molar-refractivity contribution >= 4 is 18.7 Å². The molecule has 1 aliphatic rings. The van der Waals surface area contributed by atoms with Crippen LogP contribution in [-0.4, -0.2) is 28.9 Å². The van der Waals surface area contributed by atoms with Crippen LogP contribution < -0.4 is 5.32 Å². The Morgan fingerprint density at radius 3 is 3.20 bits per heavy atom. The second-order valence-electron chi connectivity index (χ2n) is 3.77. The molecule has 0 bridgehead atoms. The Labute approximate surface area is 95.5 Å². The zero-order chi connectivity index (χ0) is 9.80. The van der Waals surface area contributed by atoms with E-state index >= 15 is 0 Å². The third-order valence-corrected chi connectivity index (χ3v) is 2.71. The SMILES string of the molecule is Cl.O=Cc1nccn1CC1CCCNC1. The number of halogens is 1. The summed E-state index contributed by atoms with van der Waals surface area (Å²) in [6, 6.07) is 0. The molecular weight excluding hydrogens is 214 g/mol. The molecule has 0 amide bonds. The van der Waals surface area contributed by atoms with Crippen LogP contribution in [0, 0.1) is 5.92 Å². The average molecular weight is 230 g/mol. The standard InChI is InChI=1S/C10H15N3O.ClH/c14-8-10-12-4-5-13(10)7-9-2-1-3-11-6-9;/h4-5,8-9,11H,1-3,6-7H2;1H. The van der Waals surface area contributed by atoms with E-state index in [0.717, 1.165) is 25.9 Å². The zero-order valence-corrected chi connectivity index (χ0v) is 9.37. The van der Waals surface area contributed by atoms with E-state index in [1.54, 1.807) is 6.20 Å². The lowest BCUT2D eigenvalue weighted by Gasteiger charge is -2.23. The van der Waals surface area contributed by atoms with E-state index in [1.165, 1.54) is 12.8 Å². The van der Waals surface area contributed by atoms with Gasteiger partial charge in [-0.3, -0.25) is 4.79 Å². The van der Waals surface area contributed by atoms with E-state index in [-0.39, 0.29) is 12.4 Å². The number of carbonyl (C=O) groups is 1. The number of piperidine rings is 1.